The second kappa shape index (κ2) is 5.43. The van der Waals surface area contributed by atoms with Crippen LogP contribution in [0.25, 0.3) is 0 Å². The summed E-state index contributed by atoms with van der Waals surface area (Å²) in [6.07, 6.45) is 0.167. The van der Waals surface area contributed by atoms with Crippen molar-refractivity contribution in [1.82, 2.24) is 4.90 Å². The molecule has 1 unspecified atom stereocenters. The Kier molecular flexibility index (Phi) is 3.93. The number of aliphatic carboxylic acids is 1. The molecule has 0 bridgehead atoms. The van der Waals surface area contributed by atoms with E-state index >= 15 is 0 Å². The number of rotatable bonds is 4. The summed E-state index contributed by atoms with van der Waals surface area (Å²) in [5.41, 5.74) is 0. The maximum atomic E-state index is 10.9. The molecule has 0 spiro atoms. The standard InChI is InChI=1S/C11H15NO3S/c13-11(14)8-9(10-2-1-7-16-10)12-3-5-15-6-4-12/h1-2,7,9H,3-6,8H2,(H,13,14). The third kappa shape index (κ3) is 2.81. The van der Waals surface area contributed by atoms with E-state index in [1.807, 2.05) is 17.5 Å². The minimum atomic E-state index is -0.745. The van der Waals surface area contributed by atoms with E-state index in [1.54, 1.807) is 11.3 Å². The van der Waals surface area contributed by atoms with Gasteiger partial charge in [0, 0.05) is 18.0 Å². The lowest BCUT2D eigenvalue weighted by atomic mass is 10.1. The molecule has 1 aliphatic rings. The summed E-state index contributed by atoms with van der Waals surface area (Å²) in [6.45, 7) is 3.02. The Bertz CT molecular complexity index is 333. The van der Waals surface area contributed by atoms with Gasteiger partial charge in [0.15, 0.2) is 0 Å². The topological polar surface area (TPSA) is 49.8 Å². The van der Waals surface area contributed by atoms with Crippen LogP contribution in [0.3, 0.4) is 0 Å². The zero-order valence-electron chi connectivity index (χ0n) is 8.96. The van der Waals surface area contributed by atoms with Crippen LogP contribution in [0.5, 0.6) is 0 Å². The van der Waals surface area contributed by atoms with Gasteiger partial charge in [-0.25, -0.2) is 0 Å². The number of carboxylic acid groups (broad SMARTS) is 1. The molecular formula is C11H15NO3S. The number of hydrogen-bond acceptors (Lipinski definition) is 4. The van der Waals surface area contributed by atoms with Crippen molar-refractivity contribution in [3.8, 4) is 0 Å². The highest BCUT2D eigenvalue weighted by molar-refractivity contribution is 7.10. The third-order valence-electron chi connectivity index (χ3n) is 2.73. The normalized spacial score (nSPS) is 19.5. The molecule has 1 aromatic heterocycles. The van der Waals surface area contributed by atoms with E-state index < -0.39 is 5.97 Å². The van der Waals surface area contributed by atoms with Gasteiger partial charge in [-0.3, -0.25) is 9.69 Å². The number of carboxylic acids is 1. The lowest BCUT2D eigenvalue weighted by molar-refractivity contribution is -0.139. The fourth-order valence-corrected chi connectivity index (χ4v) is 2.81. The van der Waals surface area contributed by atoms with Gasteiger partial charge in [-0.2, -0.15) is 0 Å². The molecule has 0 saturated carbocycles. The smallest absolute Gasteiger partial charge is 0.305 e. The van der Waals surface area contributed by atoms with E-state index in [0.29, 0.717) is 13.2 Å². The first kappa shape index (κ1) is 11.6. The van der Waals surface area contributed by atoms with E-state index in [4.69, 9.17) is 9.84 Å². The summed E-state index contributed by atoms with van der Waals surface area (Å²) in [5, 5.41) is 11.0. The van der Waals surface area contributed by atoms with Crippen molar-refractivity contribution >= 4 is 17.3 Å². The fourth-order valence-electron chi connectivity index (χ4n) is 1.95. The van der Waals surface area contributed by atoms with E-state index in [-0.39, 0.29) is 12.5 Å². The van der Waals surface area contributed by atoms with Crippen LogP contribution >= 0.6 is 11.3 Å². The Labute approximate surface area is 98.4 Å². The molecule has 1 saturated heterocycles. The van der Waals surface area contributed by atoms with E-state index in [2.05, 4.69) is 4.90 Å². The average Bonchev–Trinajstić information content (AvgIpc) is 2.80. The monoisotopic (exact) mass is 241 g/mol. The average molecular weight is 241 g/mol. The molecule has 5 heteroatoms. The predicted octanol–water partition coefficient (Wildman–Crippen LogP) is 1.60. The summed E-state index contributed by atoms with van der Waals surface area (Å²) in [6, 6.07) is 3.98. The number of hydrogen-bond donors (Lipinski definition) is 1. The number of morpholine rings is 1. The maximum absolute atomic E-state index is 10.9. The van der Waals surface area contributed by atoms with Crippen molar-refractivity contribution in [1.29, 1.82) is 0 Å². The molecular weight excluding hydrogens is 226 g/mol. The van der Waals surface area contributed by atoms with Crippen LogP contribution in [-0.4, -0.2) is 42.3 Å². The molecule has 0 aromatic carbocycles. The van der Waals surface area contributed by atoms with Crippen LogP contribution in [0.1, 0.15) is 17.3 Å². The van der Waals surface area contributed by atoms with Crippen molar-refractivity contribution < 1.29 is 14.6 Å². The number of ether oxygens (including phenoxy) is 1. The Morgan fingerprint density at radius 1 is 1.56 bits per heavy atom. The number of carbonyl (C=O) groups is 1. The second-order valence-corrected chi connectivity index (χ2v) is 4.76. The van der Waals surface area contributed by atoms with Crippen molar-refractivity contribution in [3.05, 3.63) is 22.4 Å². The maximum Gasteiger partial charge on any atom is 0.305 e. The van der Waals surface area contributed by atoms with Crippen LogP contribution in [0.4, 0.5) is 0 Å². The van der Waals surface area contributed by atoms with E-state index in [1.165, 1.54) is 0 Å². The van der Waals surface area contributed by atoms with Crippen molar-refractivity contribution in [3.63, 3.8) is 0 Å². The van der Waals surface area contributed by atoms with Crippen LogP contribution < -0.4 is 0 Å². The van der Waals surface area contributed by atoms with Gasteiger partial charge in [0.25, 0.3) is 0 Å². The molecule has 1 atom stereocenters. The number of nitrogens with zero attached hydrogens (tertiary/aromatic N) is 1. The Morgan fingerprint density at radius 2 is 2.31 bits per heavy atom. The minimum Gasteiger partial charge on any atom is -0.481 e. The molecule has 0 amide bonds. The van der Waals surface area contributed by atoms with Crippen LogP contribution in [0.15, 0.2) is 17.5 Å². The van der Waals surface area contributed by atoms with E-state index in [0.717, 1.165) is 18.0 Å². The Hall–Kier alpha value is -0.910. The fraction of sp³-hybridized carbons (Fsp3) is 0.545. The molecule has 2 heterocycles. The quantitative estimate of drug-likeness (QED) is 0.870. The zero-order chi connectivity index (χ0) is 11.4. The third-order valence-corrected chi connectivity index (χ3v) is 3.70. The Balaban J connectivity index is 2.10. The molecule has 1 fully saturated rings. The molecule has 1 aliphatic heterocycles. The second-order valence-electron chi connectivity index (χ2n) is 3.78. The lowest BCUT2D eigenvalue weighted by Gasteiger charge is -2.33. The molecule has 1 N–H and O–H groups in total. The van der Waals surface area contributed by atoms with E-state index in [9.17, 15) is 4.79 Å². The minimum absolute atomic E-state index is 0.00130. The van der Waals surface area contributed by atoms with Gasteiger partial charge in [0.1, 0.15) is 0 Å². The summed E-state index contributed by atoms with van der Waals surface area (Å²) in [4.78, 5) is 14.2. The Morgan fingerprint density at radius 3 is 2.88 bits per heavy atom. The summed E-state index contributed by atoms with van der Waals surface area (Å²) in [5.74, 6) is -0.745. The largest absolute Gasteiger partial charge is 0.481 e. The van der Waals surface area contributed by atoms with Gasteiger partial charge in [-0.15, -0.1) is 11.3 Å². The van der Waals surface area contributed by atoms with Crippen molar-refractivity contribution in [2.45, 2.75) is 12.5 Å². The summed E-state index contributed by atoms with van der Waals surface area (Å²) >= 11 is 1.62. The van der Waals surface area contributed by atoms with Gasteiger partial charge in [-0.1, -0.05) is 6.07 Å². The molecule has 0 radical (unpaired) electrons. The molecule has 88 valence electrons. The first-order valence-electron chi connectivity index (χ1n) is 5.34. The van der Waals surface area contributed by atoms with Gasteiger partial charge in [0.2, 0.25) is 0 Å². The van der Waals surface area contributed by atoms with Gasteiger partial charge < -0.3 is 9.84 Å². The highest BCUT2D eigenvalue weighted by Crippen LogP contribution is 2.28. The first-order valence-corrected chi connectivity index (χ1v) is 6.22. The molecule has 4 nitrogen and oxygen atoms in total. The van der Waals surface area contributed by atoms with Crippen LogP contribution in [0.2, 0.25) is 0 Å². The van der Waals surface area contributed by atoms with Gasteiger partial charge in [0.05, 0.1) is 25.7 Å². The summed E-state index contributed by atoms with van der Waals surface area (Å²) in [7, 11) is 0. The zero-order valence-corrected chi connectivity index (χ0v) is 9.78. The van der Waals surface area contributed by atoms with Gasteiger partial charge >= 0.3 is 5.97 Å². The van der Waals surface area contributed by atoms with Crippen molar-refractivity contribution in [2.75, 3.05) is 26.3 Å². The number of thiophene rings is 1. The highest BCUT2D eigenvalue weighted by Gasteiger charge is 2.25. The highest BCUT2D eigenvalue weighted by atomic mass is 32.1. The van der Waals surface area contributed by atoms with Gasteiger partial charge in [-0.05, 0) is 11.4 Å². The predicted molar refractivity (Wildman–Crippen MR) is 61.7 cm³/mol. The summed E-state index contributed by atoms with van der Waals surface area (Å²) < 4.78 is 5.29. The molecule has 1 aromatic rings. The van der Waals surface area contributed by atoms with Crippen LogP contribution in [0, 0.1) is 0 Å². The molecule has 0 aliphatic carbocycles. The molecule has 16 heavy (non-hydrogen) atoms. The SMILES string of the molecule is O=C(O)CC(c1cccs1)N1CCOCC1. The lowest BCUT2D eigenvalue weighted by Crippen LogP contribution is -2.39. The molecule has 2 rings (SSSR count). The van der Waals surface area contributed by atoms with Crippen molar-refractivity contribution in [2.24, 2.45) is 0 Å². The first-order chi connectivity index (χ1) is 7.77. The van der Waals surface area contributed by atoms with Crippen LogP contribution in [-0.2, 0) is 9.53 Å².